The number of hydrogen-bond donors (Lipinski definition) is 0. The molecule has 0 bridgehead atoms. The first kappa shape index (κ1) is 29.2. The van der Waals surface area contributed by atoms with Gasteiger partial charge >= 0.3 is 24.0 Å². The Hall–Kier alpha value is -3.39. The molecule has 0 atom stereocenters. The van der Waals surface area contributed by atoms with Crippen molar-refractivity contribution < 1.29 is 45.1 Å². The summed E-state index contributed by atoms with van der Waals surface area (Å²) in [6, 6.07) is 21.9. The molecule has 3 aromatic carbocycles. The lowest BCUT2D eigenvalue weighted by atomic mass is 10.0. The third kappa shape index (κ3) is 5.01. The second kappa shape index (κ2) is 11.2. The van der Waals surface area contributed by atoms with E-state index in [-0.39, 0.29) is 22.3 Å². The number of halogens is 7. The van der Waals surface area contributed by atoms with Crippen LogP contribution in [0.3, 0.4) is 0 Å². The SMILES string of the molecule is CCCOC(=O)C(C(=O)C(F)(F)C(F)(F)C(F)(F)F)=P(c1ccccc1)(c1ccccc1)c1ccccc1. The van der Waals surface area contributed by atoms with Crippen molar-refractivity contribution in [1.82, 2.24) is 0 Å². The predicted molar refractivity (Wildman–Crippen MR) is 132 cm³/mol. The van der Waals surface area contributed by atoms with Crippen LogP contribution in [0.5, 0.6) is 0 Å². The van der Waals surface area contributed by atoms with Gasteiger partial charge in [0.05, 0.1) is 6.61 Å². The fourth-order valence-corrected chi connectivity index (χ4v) is 8.21. The zero-order chi connectivity index (χ0) is 28.2. The normalized spacial score (nSPS) is 12.6. The molecule has 0 radical (unpaired) electrons. The highest BCUT2D eigenvalue weighted by atomic mass is 31.2. The first-order valence-electron chi connectivity index (χ1n) is 11.3. The molecule has 0 aliphatic rings. The fourth-order valence-electron chi connectivity index (χ4n) is 3.90. The summed E-state index contributed by atoms with van der Waals surface area (Å²) in [5.74, 6) is -17.7. The third-order valence-corrected chi connectivity index (χ3v) is 9.92. The van der Waals surface area contributed by atoms with Crippen molar-refractivity contribution in [2.45, 2.75) is 31.4 Å². The van der Waals surface area contributed by atoms with Gasteiger partial charge in [0.2, 0.25) is 5.78 Å². The second-order valence-corrected chi connectivity index (χ2v) is 11.5. The number of alkyl halides is 7. The van der Waals surface area contributed by atoms with Crippen molar-refractivity contribution in [2.24, 2.45) is 0 Å². The van der Waals surface area contributed by atoms with Crippen LogP contribution in [0.1, 0.15) is 13.3 Å². The van der Waals surface area contributed by atoms with Crippen LogP contribution in [0.25, 0.3) is 0 Å². The third-order valence-electron chi connectivity index (χ3n) is 5.65. The van der Waals surface area contributed by atoms with Gasteiger partial charge in [0.25, 0.3) is 0 Å². The molecule has 3 aromatic rings. The number of ketones is 1. The van der Waals surface area contributed by atoms with E-state index in [4.69, 9.17) is 4.74 Å². The molecule has 0 N–H and O–H groups in total. The molecule has 0 aliphatic carbocycles. The summed E-state index contributed by atoms with van der Waals surface area (Å²) in [7, 11) is 0. The minimum absolute atomic E-state index is 0.0975. The molecule has 0 aromatic heterocycles. The van der Waals surface area contributed by atoms with Gasteiger partial charge in [-0.3, -0.25) is 4.79 Å². The Morgan fingerprint density at radius 2 is 1.05 bits per heavy atom. The molecule has 0 amide bonds. The Morgan fingerprint density at radius 1 is 0.684 bits per heavy atom. The van der Waals surface area contributed by atoms with Gasteiger partial charge in [-0.25, -0.2) is 4.79 Å². The minimum atomic E-state index is -6.78. The first-order chi connectivity index (χ1) is 17.8. The molecular weight excluding hydrogens is 536 g/mol. The summed E-state index contributed by atoms with van der Waals surface area (Å²) in [6.45, 7) is -2.97. The monoisotopic (exact) mass is 558 g/mol. The van der Waals surface area contributed by atoms with Crippen LogP contribution in [-0.2, 0) is 14.3 Å². The van der Waals surface area contributed by atoms with Crippen molar-refractivity contribution in [1.29, 1.82) is 0 Å². The Bertz CT molecular complexity index is 1220. The van der Waals surface area contributed by atoms with Crippen molar-refractivity contribution in [3.8, 4) is 0 Å². The molecular formula is C27H22F7O3P. The van der Waals surface area contributed by atoms with Crippen LogP contribution in [0, 0.1) is 0 Å². The van der Waals surface area contributed by atoms with Crippen LogP contribution in [0.2, 0.25) is 0 Å². The van der Waals surface area contributed by atoms with Gasteiger partial charge in [-0.15, -0.1) is 0 Å². The number of ether oxygens (including phenoxy) is 1. The quantitative estimate of drug-likeness (QED) is 0.151. The summed E-state index contributed by atoms with van der Waals surface area (Å²) in [4.78, 5) is 26.8. The highest BCUT2D eigenvalue weighted by Crippen LogP contribution is 2.51. The maximum absolute atomic E-state index is 15.1. The highest BCUT2D eigenvalue weighted by molar-refractivity contribution is 7.97. The van der Waals surface area contributed by atoms with E-state index in [1.54, 1.807) is 25.1 Å². The molecule has 0 saturated carbocycles. The molecule has 11 heteroatoms. The van der Waals surface area contributed by atoms with E-state index in [0.29, 0.717) is 0 Å². The van der Waals surface area contributed by atoms with Gasteiger partial charge in [-0.2, -0.15) is 30.7 Å². The molecule has 0 unspecified atom stereocenters. The lowest BCUT2D eigenvalue weighted by molar-refractivity contribution is -0.342. The Morgan fingerprint density at radius 3 is 1.37 bits per heavy atom. The number of Topliss-reactive ketones (excluding diaryl/α,β-unsaturated/α-hetero) is 1. The maximum atomic E-state index is 15.1. The van der Waals surface area contributed by atoms with Gasteiger partial charge in [-0.1, -0.05) is 97.9 Å². The minimum Gasteiger partial charge on any atom is -0.462 e. The molecule has 38 heavy (non-hydrogen) atoms. The van der Waals surface area contributed by atoms with E-state index in [1.165, 1.54) is 72.8 Å². The molecule has 0 spiro atoms. The van der Waals surface area contributed by atoms with Gasteiger partial charge in [0.15, 0.2) is 0 Å². The fraction of sp³-hybridized carbons (Fsp3) is 0.222. The van der Waals surface area contributed by atoms with Gasteiger partial charge in [0, 0.05) is 0 Å². The summed E-state index contributed by atoms with van der Waals surface area (Å²) in [5, 5.41) is -1.18. The second-order valence-electron chi connectivity index (χ2n) is 8.14. The van der Waals surface area contributed by atoms with Crippen LogP contribution >= 0.6 is 6.89 Å². The van der Waals surface area contributed by atoms with Crippen LogP contribution < -0.4 is 15.9 Å². The Labute approximate surface area is 214 Å². The van der Waals surface area contributed by atoms with Crippen LogP contribution in [0.15, 0.2) is 91.0 Å². The number of hydrogen-bond acceptors (Lipinski definition) is 3. The molecule has 0 heterocycles. The molecule has 202 valence electrons. The Kier molecular flexibility index (Phi) is 8.56. The molecule has 0 saturated heterocycles. The predicted octanol–water partition coefficient (Wildman–Crippen LogP) is 5.51. The van der Waals surface area contributed by atoms with Crippen molar-refractivity contribution >= 4 is 39.8 Å². The zero-order valence-corrected chi connectivity index (χ0v) is 20.8. The van der Waals surface area contributed by atoms with E-state index in [9.17, 15) is 31.5 Å². The van der Waals surface area contributed by atoms with E-state index in [0.717, 1.165) is 0 Å². The number of esters is 1. The number of benzene rings is 3. The number of carbonyl (C=O) groups is 2. The molecule has 0 aliphatic heterocycles. The van der Waals surface area contributed by atoms with E-state index in [2.05, 4.69) is 0 Å². The first-order valence-corrected chi connectivity index (χ1v) is 13.1. The number of carbonyl (C=O) groups excluding carboxylic acids is 2. The average molecular weight is 558 g/mol. The molecule has 0 fully saturated rings. The largest absolute Gasteiger partial charge is 0.462 e. The number of rotatable bonds is 9. The van der Waals surface area contributed by atoms with E-state index in [1.807, 2.05) is 0 Å². The van der Waals surface area contributed by atoms with E-state index >= 15 is 8.78 Å². The van der Waals surface area contributed by atoms with Crippen LogP contribution in [-0.4, -0.2) is 41.7 Å². The highest BCUT2D eigenvalue weighted by Gasteiger charge is 2.77. The lowest BCUT2D eigenvalue weighted by Gasteiger charge is -2.34. The van der Waals surface area contributed by atoms with Crippen molar-refractivity contribution in [2.75, 3.05) is 6.61 Å². The Balaban J connectivity index is 2.64. The van der Waals surface area contributed by atoms with Crippen molar-refractivity contribution in [3.05, 3.63) is 91.0 Å². The summed E-state index contributed by atoms with van der Waals surface area (Å²) in [6.07, 6.45) is -6.62. The van der Waals surface area contributed by atoms with Gasteiger partial charge in [0.1, 0.15) is 5.29 Å². The maximum Gasteiger partial charge on any atom is 0.460 e. The average Bonchev–Trinajstić information content (AvgIpc) is 2.90. The lowest BCUT2D eigenvalue weighted by Crippen LogP contribution is -2.59. The van der Waals surface area contributed by atoms with Gasteiger partial charge in [-0.05, 0) is 29.2 Å². The summed E-state index contributed by atoms with van der Waals surface area (Å²) in [5.41, 5.74) is 0. The standard InChI is InChI=1S/C27H22F7O3P/c1-2-18-37-24(36)22(23(35)25(28,29)26(30,31)27(32,33)34)38(19-12-6-3-7-13-19,20-14-8-4-9-15-20)21-16-10-5-11-17-21/h3-17H,2,18H2,1H3. The zero-order valence-electron chi connectivity index (χ0n) is 19.9. The summed E-state index contributed by atoms with van der Waals surface area (Å²) < 4.78 is 103. The van der Waals surface area contributed by atoms with Crippen molar-refractivity contribution in [3.63, 3.8) is 0 Å². The topological polar surface area (TPSA) is 43.4 Å². The smallest absolute Gasteiger partial charge is 0.460 e. The molecule has 3 rings (SSSR count). The van der Waals surface area contributed by atoms with E-state index < -0.39 is 48.6 Å². The van der Waals surface area contributed by atoms with Gasteiger partial charge < -0.3 is 4.74 Å². The summed E-state index contributed by atoms with van der Waals surface area (Å²) >= 11 is 0. The van der Waals surface area contributed by atoms with Crippen LogP contribution in [0.4, 0.5) is 30.7 Å². The molecule has 3 nitrogen and oxygen atoms in total.